The molecular weight excluding hydrogens is 255 g/mol. The first-order valence-electron chi connectivity index (χ1n) is 6.15. The minimum absolute atomic E-state index is 0.125. The summed E-state index contributed by atoms with van der Waals surface area (Å²) in [6, 6.07) is 2.99. The first-order chi connectivity index (χ1) is 8.65. The fourth-order valence-electron chi connectivity index (χ4n) is 2.37. The van der Waals surface area contributed by atoms with Crippen LogP contribution in [0.1, 0.15) is 17.2 Å². The Labute approximate surface area is 112 Å². The summed E-state index contributed by atoms with van der Waals surface area (Å²) < 4.78 is 14.2. The van der Waals surface area contributed by atoms with E-state index in [1.54, 1.807) is 19.1 Å². The van der Waals surface area contributed by atoms with Crippen molar-refractivity contribution >= 4 is 11.6 Å². The Morgan fingerprint density at radius 1 is 1.44 bits per heavy atom. The lowest BCUT2D eigenvalue weighted by atomic mass is 10.0. The highest BCUT2D eigenvalue weighted by atomic mass is 35.5. The normalized spacial score (nSPS) is 18.9. The lowest BCUT2D eigenvalue weighted by Crippen LogP contribution is -2.46. The number of rotatable bonds is 3. The zero-order chi connectivity index (χ0) is 13.1. The fourth-order valence-corrected chi connectivity index (χ4v) is 2.64. The first-order valence-corrected chi connectivity index (χ1v) is 6.53. The van der Waals surface area contributed by atoms with Crippen LogP contribution < -0.4 is 5.32 Å². The highest BCUT2D eigenvalue weighted by molar-refractivity contribution is 6.31. The summed E-state index contributed by atoms with van der Waals surface area (Å²) in [5.41, 5.74) is 0.976. The number of hydrogen-bond donors (Lipinski definition) is 2. The second-order valence-corrected chi connectivity index (χ2v) is 4.98. The third-order valence-electron chi connectivity index (χ3n) is 3.42. The van der Waals surface area contributed by atoms with Crippen molar-refractivity contribution in [3.8, 4) is 0 Å². The van der Waals surface area contributed by atoms with Crippen molar-refractivity contribution in [2.24, 2.45) is 0 Å². The van der Waals surface area contributed by atoms with E-state index in [-0.39, 0.29) is 18.5 Å². The van der Waals surface area contributed by atoms with Crippen molar-refractivity contribution in [3.63, 3.8) is 0 Å². The van der Waals surface area contributed by atoms with Gasteiger partial charge < -0.3 is 10.4 Å². The molecule has 1 aromatic rings. The van der Waals surface area contributed by atoms with Crippen LogP contribution in [0.25, 0.3) is 0 Å². The number of nitrogens with zero attached hydrogens (tertiary/aromatic N) is 1. The van der Waals surface area contributed by atoms with Crippen LogP contribution in [0.3, 0.4) is 0 Å². The number of aliphatic hydroxyl groups excluding tert-OH is 1. The molecule has 0 aromatic heterocycles. The van der Waals surface area contributed by atoms with Crippen molar-refractivity contribution in [1.29, 1.82) is 0 Å². The molecular formula is C13H18ClFN2O. The predicted molar refractivity (Wildman–Crippen MR) is 70.4 cm³/mol. The summed E-state index contributed by atoms with van der Waals surface area (Å²) in [6.07, 6.45) is 0. The van der Waals surface area contributed by atoms with Crippen molar-refractivity contribution in [1.82, 2.24) is 10.2 Å². The Kier molecular flexibility index (Phi) is 4.56. The molecule has 0 aliphatic carbocycles. The van der Waals surface area contributed by atoms with Gasteiger partial charge in [0, 0.05) is 36.8 Å². The van der Waals surface area contributed by atoms with Gasteiger partial charge in [0.25, 0.3) is 0 Å². The summed E-state index contributed by atoms with van der Waals surface area (Å²) in [5, 5.41) is 13.2. The molecule has 0 unspecified atom stereocenters. The molecule has 1 fully saturated rings. The lowest BCUT2D eigenvalue weighted by Gasteiger charge is -2.34. The van der Waals surface area contributed by atoms with Crippen molar-refractivity contribution in [3.05, 3.63) is 34.1 Å². The molecule has 1 aromatic carbocycles. The molecule has 1 heterocycles. The van der Waals surface area contributed by atoms with Crippen LogP contribution in [-0.4, -0.2) is 42.8 Å². The standard InChI is InChI=1S/C13H18ClFN2O/c1-9-2-3-10(14)12(13(9)15)11(8-18)17-6-4-16-5-7-17/h2-3,11,16,18H,4-8H2,1H3/t11-/m1/s1. The van der Waals surface area contributed by atoms with E-state index in [2.05, 4.69) is 10.2 Å². The van der Waals surface area contributed by atoms with E-state index in [0.717, 1.165) is 26.2 Å². The average molecular weight is 273 g/mol. The van der Waals surface area contributed by atoms with Gasteiger partial charge in [-0.15, -0.1) is 0 Å². The Balaban J connectivity index is 2.34. The van der Waals surface area contributed by atoms with Crippen molar-refractivity contribution in [2.75, 3.05) is 32.8 Å². The van der Waals surface area contributed by atoms with Gasteiger partial charge in [-0.05, 0) is 18.6 Å². The lowest BCUT2D eigenvalue weighted by molar-refractivity contribution is 0.108. The van der Waals surface area contributed by atoms with E-state index < -0.39 is 0 Å². The van der Waals surface area contributed by atoms with Crippen LogP contribution in [-0.2, 0) is 0 Å². The average Bonchev–Trinajstić information content (AvgIpc) is 2.40. The Hall–Kier alpha value is -0.680. The van der Waals surface area contributed by atoms with Crippen LogP contribution in [0.15, 0.2) is 12.1 Å². The molecule has 5 heteroatoms. The molecule has 0 bridgehead atoms. The molecule has 1 aliphatic rings. The molecule has 0 saturated carbocycles. The molecule has 18 heavy (non-hydrogen) atoms. The quantitative estimate of drug-likeness (QED) is 0.880. The van der Waals surface area contributed by atoms with E-state index in [4.69, 9.17) is 11.6 Å². The zero-order valence-corrected chi connectivity index (χ0v) is 11.2. The summed E-state index contributed by atoms with van der Waals surface area (Å²) in [6.45, 7) is 4.86. The fraction of sp³-hybridized carbons (Fsp3) is 0.538. The summed E-state index contributed by atoms with van der Waals surface area (Å²) in [7, 11) is 0. The topological polar surface area (TPSA) is 35.5 Å². The SMILES string of the molecule is Cc1ccc(Cl)c([C@@H](CO)N2CCNCC2)c1F. The minimum Gasteiger partial charge on any atom is -0.394 e. The van der Waals surface area contributed by atoms with E-state index in [9.17, 15) is 9.50 Å². The van der Waals surface area contributed by atoms with Gasteiger partial charge in [-0.2, -0.15) is 0 Å². The van der Waals surface area contributed by atoms with Gasteiger partial charge in [-0.25, -0.2) is 4.39 Å². The van der Waals surface area contributed by atoms with Gasteiger partial charge in [0.2, 0.25) is 0 Å². The Morgan fingerprint density at radius 2 is 2.11 bits per heavy atom. The number of aryl methyl sites for hydroxylation is 1. The molecule has 0 spiro atoms. The molecule has 1 atom stereocenters. The van der Waals surface area contributed by atoms with Crippen LogP contribution in [0, 0.1) is 12.7 Å². The van der Waals surface area contributed by atoms with Gasteiger partial charge >= 0.3 is 0 Å². The van der Waals surface area contributed by atoms with Crippen molar-refractivity contribution < 1.29 is 9.50 Å². The summed E-state index contributed by atoms with van der Waals surface area (Å²) in [4.78, 5) is 2.07. The maximum atomic E-state index is 14.2. The summed E-state index contributed by atoms with van der Waals surface area (Å²) >= 11 is 6.10. The van der Waals surface area contributed by atoms with E-state index in [1.807, 2.05) is 0 Å². The largest absolute Gasteiger partial charge is 0.394 e. The molecule has 0 radical (unpaired) electrons. The molecule has 0 amide bonds. The van der Waals surface area contributed by atoms with Crippen LogP contribution in [0.5, 0.6) is 0 Å². The second-order valence-electron chi connectivity index (χ2n) is 4.58. The number of halogens is 2. The third-order valence-corrected chi connectivity index (χ3v) is 3.75. The molecule has 3 nitrogen and oxygen atoms in total. The van der Waals surface area contributed by atoms with Gasteiger partial charge in [0.1, 0.15) is 5.82 Å². The van der Waals surface area contributed by atoms with Crippen LogP contribution >= 0.6 is 11.6 Å². The highest BCUT2D eigenvalue weighted by Gasteiger charge is 2.26. The first kappa shape index (κ1) is 13.7. The maximum absolute atomic E-state index is 14.2. The van der Waals surface area contributed by atoms with Crippen molar-refractivity contribution in [2.45, 2.75) is 13.0 Å². The Bertz CT molecular complexity index is 422. The zero-order valence-electron chi connectivity index (χ0n) is 10.4. The molecule has 100 valence electrons. The molecule has 1 saturated heterocycles. The van der Waals surface area contributed by atoms with Gasteiger partial charge in [-0.1, -0.05) is 17.7 Å². The highest BCUT2D eigenvalue weighted by Crippen LogP contribution is 2.31. The van der Waals surface area contributed by atoms with Crippen LogP contribution in [0.4, 0.5) is 4.39 Å². The monoisotopic (exact) mass is 272 g/mol. The third kappa shape index (κ3) is 2.67. The predicted octanol–water partition coefficient (Wildman–Crippen LogP) is 1.73. The second kappa shape index (κ2) is 5.97. The maximum Gasteiger partial charge on any atom is 0.132 e. The minimum atomic E-state index is -0.362. The molecule has 2 N–H and O–H groups in total. The van der Waals surface area contributed by atoms with E-state index in [0.29, 0.717) is 16.1 Å². The van der Waals surface area contributed by atoms with Gasteiger partial charge in [0.05, 0.1) is 12.6 Å². The van der Waals surface area contributed by atoms with E-state index in [1.165, 1.54) is 0 Å². The molecule has 2 rings (SSSR count). The number of aliphatic hydroxyl groups is 1. The van der Waals surface area contributed by atoms with Crippen LogP contribution in [0.2, 0.25) is 5.02 Å². The van der Waals surface area contributed by atoms with E-state index >= 15 is 0 Å². The number of hydrogen-bond acceptors (Lipinski definition) is 3. The van der Waals surface area contributed by atoms with Gasteiger partial charge in [-0.3, -0.25) is 4.90 Å². The smallest absolute Gasteiger partial charge is 0.132 e. The summed E-state index contributed by atoms with van der Waals surface area (Å²) in [5.74, 6) is -0.305. The van der Waals surface area contributed by atoms with Gasteiger partial charge in [0.15, 0.2) is 0 Å². The number of piperazine rings is 1. The Morgan fingerprint density at radius 3 is 2.72 bits per heavy atom. The number of benzene rings is 1. The molecule has 1 aliphatic heterocycles. The number of nitrogens with one attached hydrogen (secondary N) is 1.